The van der Waals surface area contributed by atoms with Gasteiger partial charge in [-0.1, -0.05) is 40.2 Å². The van der Waals surface area contributed by atoms with E-state index in [0.29, 0.717) is 44.8 Å². The van der Waals surface area contributed by atoms with Crippen LogP contribution in [0.15, 0.2) is 53.0 Å². The maximum Gasteiger partial charge on any atom is 0.407 e. The summed E-state index contributed by atoms with van der Waals surface area (Å²) in [5.74, 6) is 0.0422. The van der Waals surface area contributed by atoms with Crippen LogP contribution in [0.1, 0.15) is 41.4 Å². The molecular formula is C23H28BrN3O3. The first-order chi connectivity index (χ1) is 14.4. The first kappa shape index (κ1) is 22.3. The van der Waals surface area contributed by atoms with E-state index in [1.165, 1.54) is 4.90 Å². The van der Waals surface area contributed by atoms with Gasteiger partial charge >= 0.3 is 6.09 Å². The second-order valence-electron chi connectivity index (χ2n) is 7.36. The molecule has 1 aliphatic rings. The topological polar surface area (TPSA) is 64.1 Å². The zero-order valence-corrected chi connectivity index (χ0v) is 19.0. The van der Waals surface area contributed by atoms with E-state index in [4.69, 9.17) is 0 Å². The van der Waals surface area contributed by atoms with Gasteiger partial charge in [0, 0.05) is 49.3 Å². The Morgan fingerprint density at radius 2 is 1.63 bits per heavy atom. The van der Waals surface area contributed by atoms with Crippen molar-refractivity contribution in [1.82, 2.24) is 14.7 Å². The summed E-state index contributed by atoms with van der Waals surface area (Å²) in [5.41, 5.74) is 2.91. The first-order valence-electron chi connectivity index (χ1n) is 10.3. The van der Waals surface area contributed by atoms with E-state index < -0.39 is 6.09 Å². The summed E-state index contributed by atoms with van der Waals surface area (Å²) >= 11 is 3.56. The van der Waals surface area contributed by atoms with Crippen LogP contribution in [-0.2, 0) is 0 Å². The van der Waals surface area contributed by atoms with E-state index >= 15 is 0 Å². The van der Waals surface area contributed by atoms with Crippen molar-refractivity contribution in [2.75, 3.05) is 39.3 Å². The van der Waals surface area contributed by atoms with Crippen LogP contribution in [0.5, 0.6) is 0 Å². The third kappa shape index (κ3) is 5.02. The minimum Gasteiger partial charge on any atom is -0.465 e. The van der Waals surface area contributed by atoms with E-state index in [0.717, 1.165) is 15.6 Å². The summed E-state index contributed by atoms with van der Waals surface area (Å²) in [6, 6.07) is 16.0. The molecule has 1 unspecified atom stereocenters. The molecule has 1 atom stereocenters. The van der Waals surface area contributed by atoms with E-state index in [1.807, 2.05) is 55.1 Å². The van der Waals surface area contributed by atoms with Gasteiger partial charge in [-0.05, 0) is 49.2 Å². The van der Waals surface area contributed by atoms with Gasteiger partial charge in [0.2, 0.25) is 0 Å². The third-order valence-electron chi connectivity index (χ3n) is 5.64. The normalized spacial score (nSPS) is 15.6. The van der Waals surface area contributed by atoms with Crippen LogP contribution in [-0.4, -0.2) is 71.1 Å². The summed E-state index contributed by atoms with van der Waals surface area (Å²) in [6.07, 6.45) is -0.868. The van der Waals surface area contributed by atoms with Gasteiger partial charge in [-0.15, -0.1) is 0 Å². The third-order valence-corrected chi connectivity index (χ3v) is 6.13. The van der Waals surface area contributed by atoms with Crippen LogP contribution in [0.3, 0.4) is 0 Å². The van der Waals surface area contributed by atoms with Crippen molar-refractivity contribution in [2.24, 2.45) is 0 Å². The monoisotopic (exact) mass is 473 g/mol. The highest BCUT2D eigenvalue weighted by atomic mass is 79.9. The van der Waals surface area contributed by atoms with E-state index in [2.05, 4.69) is 33.0 Å². The molecule has 30 heavy (non-hydrogen) atoms. The molecule has 1 fully saturated rings. The Labute approximate surface area is 186 Å². The average molecular weight is 474 g/mol. The summed E-state index contributed by atoms with van der Waals surface area (Å²) in [6.45, 7) is 7.62. The summed E-state index contributed by atoms with van der Waals surface area (Å²) in [5, 5.41) is 9.27. The molecule has 0 bridgehead atoms. The predicted molar refractivity (Wildman–Crippen MR) is 121 cm³/mol. The van der Waals surface area contributed by atoms with E-state index in [-0.39, 0.29) is 11.9 Å². The summed E-state index contributed by atoms with van der Waals surface area (Å²) in [4.78, 5) is 29.5. The quantitative estimate of drug-likeness (QED) is 0.678. The van der Waals surface area contributed by atoms with Gasteiger partial charge in [0.1, 0.15) is 0 Å². The van der Waals surface area contributed by atoms with Gasteiger partial charge in [-0.3, -0.25) is 9.69 Å². The Balaban J connectivity index is 1.89. The number of carbonyl (C=O) groups is 2. The zero-order chi connectivity index (χ0) is 21.7. The Hall–Kier alpha value is -2.38. The highest BCUT2D eigenvalue weighted by molar-refractivity contribution is 9.10. The lowest BCUT2D eigenvalue weighted by molar-refractivity contribution is 0.0773. The molecule has 7 heteroatoms. The van der Waals surface area contributed by atoms with E-state index in [9.17, 15) is 14.7 Å². The number of carboxylic acid groups (broad SMARTS) is 1. The second-order valence-corrected chi connectivity index (χ2v) is 8.28. The van der Waals surface area contributed by atoms with Gasteiger partial charge in [0.15, 0.2) is 0 Å². The van der Waals surface area contributed by atoms with E-state index in [1.54, 1.807) is 0 Å². The number of piperazine rings is 1. The van der Waals surface area contributed by atoms with Gasteiger partial charge in [0.05, 0.1) is 6.04 Å². The minimum absolute atomic E-state index is 0.00366. The first-order valence-corrected chi connectivity index (χ1v) is 11.1. The van der Waals surface area contributed by atoms with Crippen LogP contribution in [0.25, 0.3) is 0 Å². The lowest BCUT2D eigenvalue weighted by atomic mass is 9.95. The Kier molecular flexibility index (Phi) is 7.50. The number of amides is 2. The second kappa shape index (κ2) is 10.1. The fraction of sp³-hybridized carbons (Fsp3) is 0.391. The summed E-state index contributed by atoms with van der Waals surface area (Å²) < 4.78 is 1.00. The number of nitrogens with zero attached hydrogens (tertiary/aromatic N) is 3. The highest BCUT2D eigenvalue weighted by Crippen LogP contribution is 2.31. The molecule has 160 valence electrons. The molecule has 1 aliphatic heterocycles. The number of hydrogen-bond donors (Lipinski definition) is 1. The van der Waals surface area contributed by atoms with Crippen molar-refractivity contribution in [3.63, 3.8) is 0 Å². The van der Waals surface area contributed by atoms with Crippen molar-refractivity contribution in [1.29, 1.82) is 0 Å². The number of hydrogen-bond acceptors (Lipinski definition) is 3. The number of halogens is 1. The minimum atomic E-state index is -0.868. The Morgan fingerprint density at radius 3 is 2.17 bits per heavy atom. The molecular weight excluding hydrogens is 446 g/mol. The molecule has 2 aromatic rings. The van der Waals surface area contributed by atoms with Crippen molar-refractivity contribution in [2.45, 2.75) is 19.9 Å². The predicted octanol–water partition coefficient (Wildman–Crippen LogP) is 4.32. The number of carbonyl (C=O) groups excluding carboxylic acids is 1. The Morgan fingerprint density at radius 1 is 1.00 bits per heavy atom. The molecule has 0 radical (unpaired) electrons. The van der Waals surface area contributed by atoms with Crippen LogP contribution in [0, 0.1) is 0 Å². The van der Waals surface area contributed by atoms with Crippen molar-refractivity contribution < 1.29 is 14.7 Å². The van der Waals surface area contributed by atoms with Crippen molar-refractivity contribution in [3.05, 3.63) is 69.7 Å². The molecule has 0 spiro atoms. The Bertz CT molecular complexity index is 876. The number of rotatable bonds is 6. The standard InChI is InChI=1S/C23H28BrN3O3/c1-3-25(4-2)22(28)18-10-8-17(9-11-18)21(19-6-5-7-20(24)16-19)26-12-14-27(15-13-26)23(29)30/h5-11,16,21H,3-4,12-15H2,1-2H3,(H,29,30). The van der Waals surface area contributed by atoms with Crippen LogP contribution in [0.2, 0.25) is 0 Å². The molecule has 0 aromatic heterocycles. The molecule has 3 rings (SSSR count). The molecule has 6 nitrogen and oxygen atoms in total. The van der Waals surface area contributed by atoms with Gasteiger partial charge in [-0.25, -0.2) is 4.79 Å². The average Bonchev–Trinajstić information content (AvgIpc) is 2.75. The SMILES string of the molecule is CCN(CC)C(=O)c1ccc(C(c2cccc(Br)c2)N2CCN(C(=O)O)CC2)cc1. The molecule has 1 N–H and O–H groups in total. The molecule has 2 amide bonds. The molecule has 1 saturated heterocycles. The van der Waals surface area contributed by atoms with Gasteiger partial charge in [-0.2, -0.15) is 0 Å². The van der Waals surface area contributed by atoms with Crippen LogP contribution >= 0.6 is 15.9 Å². The van der Waals surface area contributed by atoms with Crippen LogP contribution in [0.4, 0.5) is 4.79 Å². The summed E-state index contributed by atoms with van der Waals surface area (Å²) in [7, 11) is 0. The maximum absolute atomic E-state index is 12.7. The zero-order valence-electron chi connectivity index (χ0n) is 17.4. The molecule has 1 heterocycles. The lowest BCUT2D eigenvalue weighted by Crippen LogP contribution is -2.49. The molecule has 0 aliphatic carbocycles. The van der Waals surface area contributed by atoms with Crippen molar-refractivity contribution in [3.8, 4) is 0 Å². The maximum atomic E-state index is 12.7. The molecule has 2 aromatic carbocycles. The van der Waals surface area contributed by atoms with Crippen molar-refractivity contribution >= 4 is 27.9 Å². The molecule has 0 saturated carbocycles. The largest absolute Gasteiger partial charge is 0.465 e. The smallest absolute Gasteiger partial charge is 0.407 e. The van der Waals surface area contributed by atoms with Gasteiger partial charge < -0.3 is 14.9 Å². The van der Waals surface area contributed by atoms with Crippen LogP contribution < -0.4 is 0 Å². The highest BCUT2D eigenvalue weighted by Gasteiger charge is 2.28. The van der Waals surface area contributed by atoms with Gasteiger partial charge in [0.25, 0.3) is 5.91 Å². The fourth-order valence-electron chi connectivity index (χ4n) is 3.96. The fourth-order valence-corrected chi connectivity index (χ4v) is 4.38. The lowest BCUT2D eigenvalue weighted by Gasteiger charge is -2.39. The number of benzene rings is 2.